The number of carbonyl (C=O) groups excluding carboxylic acids is 1. The Morgan fingerprint density at radius 1 is 0.826 bits per heavy atom. The van der Waals surface area contributed by atoms with Gasteiger partial charge >= 0.3 is 6.43 Å². The maximum atomic E-state index is 12.1. The molecule has 0 aromatic heterocycles. The fraction of sp³-hybridized carbons (Fsp3) is 0.188. The molecule has 1 unspecified atom stereocenters. The highest BCUT2D eigenvalue weighted by atomic mass is 35.5. The zero-order valence-corrected chi connectivity index (χ0v) is 12.8. The summed E-state index contributed by atoms with van der Waals surface area (Å²) < 4.78 is 47.6. The molecule has 0 bridgehead atoms. The summed E-state index contributed by atoms with van der Waals surface area (Å²) in [7, 11) is 0. The smallest absolute Gasteiger partial charge is 0.300 e. The zero-order chi connectivity index (χ0) is 16.5. The van der Waals surface area contributed by atoms with Gasteiger partial charge in [0.1, 0.15) is 0 Å². The number of hydrogen-bond acceptors (Lipinski definition) is 1. The Morgan fingerprint density at radius 2 is 1.26 bits per heavy atom. The molecule has 0 amide bonds. The number of benzene rings is 2. The van der Waals surface area contributed by atoms with Gasteiger partial charge in [-0.15, -0.1) is 0 Å². The predicted molar refractivity (Wildman–Crippen MR) is 74.9 cm³/mol. The maximum Gasteiger partial charge on any atom is 0.300 e. The van der Waals surface area contributed by atoms with Gasteiger partial charge in [-0.25, -0.2) is 17.6 Å². The number of alkyl halides is 4. The lowest BCUT2D eigenvalue weighted by Crippen LogP contribution is -3.00. The van der Waals surface area contributed by atoms with Crippen molar-refractivity contribution in [3.63, 3.8) is 0 Å². The van der Waals surface area contributed by atoms with Crippen LogP contribution < -0.4 is 18.1 Å². The van der Waals surface area contributed by atoms with Gasteiger partial charge in [-0.05, 0) is 0 Å². The highest BCUT2D eigenvalue weighted by molar-refractivity contribution is 5.98. The number of carbonyl (C=O) groups is 1. The van der Waals surface area contributed by atoms with Crippen LogP contribution in [0.4, 0.5) is 17.6 Å². The van der Waals surface area contributed by atoms with Crippen LogP contribution in [-0.2, 0) is 0 Å². The lowest BCUT2D eigenvalue weighted by atomic mass is 10.1. The van der Waals surface area contributed by atoms with Crippen LogP contribution in [0, 0.1) is 0 Å². The molecule has 23 heavy (non-hydrogen) atoms. The van der Waals surface area contributed by atoms with Crippen LogP contribution in [0.3, 0.4) is 0 Å². The number of ketones is 1. The predicted octanol–water partition coefficient (Wildman–Crippen LogP) is 0.373. The van der Waals surface area contributed by atoms with Crippen LogP contribution in [-0.4, -0.2) is 18.6 Å². The average molecular weight is 350 g/mol. The summed E-state index contributed by atoms with van der Waals surface area (Å²) in [5.41, 5.74) is 4.00. The quantitative estimate of drug-likeness (QED) is 0.629. The van der Waals surface area contributed by atoms with E-state index in [1.165, 1.54) is 12.1 Å². The van der Waals surface area contributed by atoms with Crippen molar-refractivity contribution in [2.24, 2.45) is 0 Å². The lowest BCUT2D eigenvalue weighted by Gasteiger charge is -2.05. The number of quaternary nitrogens is 1. The number of halogens is 5. The van der Waals surface area contributed by atoms with Crippen molar-refractivity contribution in [1.82, 2.24) is 0 Å². The molecule has 0 aliphatic rings. The van der Waals surface area contributed by atoms with Gasteiger partial charge in [0, 0.05) is 11.1 Å². The van der Waals surface area contributed by atoms with Gasteiger partial charge in [-0.1, -0.05) is 60.7 Å². The van der Waals surface area contributed by atoms with Crippen molar-refractivity contribution in [2.75, 3.05) is 0 Å². The van der Waals surface area contributed by atoms with E-state index in [0.717, 1.165) is 0 Å². The summed E-state index contributed by atoms with van der Waals surface area (Å²) in [6.45, 7) is 0. The third kappa shape index (κ3) is 7.25. The standard InChI is InChI=1S/C8H9F2N.C8H6F2O.ClH/c2*9-8(10)7(11)6-4-2-1-3-5-6;/h1-5,7-8H,11H2;1-5,8H;1H. The normalized spacial score (nSPS) is 11.3. The number of rotatable bonds is 4. The second-order valence-corrected chi connectivity index (χ2v) is 4.38. The zero-order valence-electron chi connectivity index (χ0n) is 12.0. The highest BCUT2D eigenvalue weighted by Gasteiger charge is 2.20. The van der Waals surface area contributed by atoms with E-state index in [4.69, 9.17) is 0 Å². The van der Waals surface area contributed by atoms with Crippen molar-refractivity contribution in [3.05, 3.63) is 71.8 Å². The van der Waals surface area contributed by atoms with Crippen LogP contribution in [0.2, 0.25) is 0 Å². The first-order chi connectivity index (χ1) is 10.4. The Morgan fingerprint density at radius 3 is 1.65 bits per heavy atom. The van der Waals surface area contributed by atoms with E-state index in [1.807, 2.05) is 0 Å². The number of Topliss-reactive ketones (excluding diaryl/α,β-unsaturated/α-hetero) is 1. The van der Waals surface area contributed by atoms with E-state index in [2.05, 4.69) is 5.73 Å². The molecule has 0 saturated heterocycles. The van der Waals surface area contributed by atoms with Gasteiger partial charge in [0.25, 0.3) is 6.43 Å². The van der Waals surface area contributed by atoms with Crippen molar-refractivity contribution in [1.29, 1.82) is 0 Å². The van der Waals surface area contributed by atoms with Crippen molar-refractivity contribution >= 4 is 5.78 Å². The first kappa shape index (κ1) is 21.1. The molecule has 0 aliphatic heterocycles. The lowest BCUT2D eigenvalue weighted by molar-refractivity contribution is -0.449. The topological polar surface area (TPSA) is 44.7 Å². The molecule has 0 radical (unpaired) electrons. The van der Waals surface area contributed by atoms with E-state index in [9.17, 15) is 22.4 Å². The Kier molecular flexibility index (Phi) is 9.85. The molecule has 2 rings (SSSR count). The molecule has 2 aromatic rings. The molecule has 1 atom stereocenters. The molecule has 0 fully saturated rings. The van der Waals surface area contributed by atoms with E-state index in [-0.39, 0.29) is 18.0 Å². The Balaban J connectivity index is 0.000000403. The molecule has 0 heterocycles. The molecule has 2 aromatic carbocycles. The molecule has 126 valence electrons. The van der Waals surface area contributed by atoms with E-state index >= 15 is 0 Å². The first-order valence-electron chi connectivity index (χ1n) is 6.47. The van der Waals surface area contributed by atoms with E-state index in [0.29, 0.717) is 5.56 Å². The minimum atomic E-state index is -2.91. The minimum absolute atomic E-state index is 0. The van der Waals surface area contributed by atoms with Crippen molar-refractivity contribution in [3.8, 4) is 0 Å². The third-order valence-electron chi connectivity index (χ3n) is 2.79. The Hall–Kier alpha value is -1.92. The third-order valence-corrected chi connectivity index (χ3v) is 2.79. The second-order valence-electron chi connectivity index (χ2n) is 4.38. The Labute approximate surface area is 137 Å². The summed E-state index contributed by atoms with van der Waals surface area (Å²) in [4.78, 5) is 10.6. The fourth-order valence-corrected chi connectivity index (χ4v) is 1.57. The fourth-order valence-electron chi connectivity index (χ4n) is 1.57. The van der Waals surface area contributed by atoms with Gasteiger partial charge in [0.15, 0.2) is 6.04 Å². The van der Waals surface area contributed by atoms with Crippen molar-refractivity contribution in [2.45, 2.75) is 18.9 Å². The summed E-state index contributed by atoms with van der Waals surface area (Å²) in [5.74, 6) is -1.12. The van der Waals surface area contributed by atoms with Gasteiger partial charge in [0.05, 0.1) is 0 Å². The summed E-state index contributed by atoms with van der Waals surface area (Å²) in [6.07, 6.45) is -5.28. The molecule has 7 heteroatoms. The monoisotopic (exact) mass is 349 g/mol. The van der Waals surface area contributed by atoms with E-state index in [1.54, 1.807) is 48.5 Å². The first-order valence-corrected chi connectivity index (χ1v) is 6.47. The summed E-state index contributed by atoms with van der Waals surface area (Å²) >= 11 is 0. The van der Waals surface area contributed by atoms with Crippen LogP contribution >= 0.6 is 0 Å². The molecular weight excluding hydrogens is 334 g/mol. The maximum absolute atomic E-state index is 12.1. The molecule has 3 N–H and O–H groups in total. The van der Waals surface area contributed by atoms with Gasteiger partial charge in [-0.3, -0.25) is 4.79 Å². The minimum Gasteiger partial charge on any atom is -1.00 e. The van der Waals surface area contributed by atoms with Crippen molar-refractivity contribution < 1.29 is 40.5 Å². The molecular formula is C16H16ClF4NO. The van der Waals surface area contributed by atoms with Gasteiger partial charge in [0.2, 0.25) is 5.78 Å². The van der Waals surface area contributed by atoms with Gasteiger partial charge < -0.3 is 18.1 Å². The molecule has 0 spiro atoms. The van der Waals surface area contributed by atoms with Crippen LogP contribution in [0.5, 0.6) is 0 Å². The molecule has 2 nitrogen and oxygen atoms in total. The molecule has 0 saturated carbocycles. The SMILES string of the molecule is O=C(c1ccccc1)C(F)F.[Cl-].[NH3+]C(c1ccccc1)C(F)F. The number of hydrogen-bond donors (Lipinski definition) is 1. The average Bonchev–Trinajstić information content (AvgIpc) is 2.55. The van der Waals surface area contributed by atoms with Gasteiger partial charge in [-0.2, -0.15) is 0 Å². The van der Waals surface area contributed by atoms with E-state index < -0.39 is 24.7 Å². The summed E-state index contributed by atoms with van der Waals surface area (Å²) in [6, 6.07) is 15.2. The second kappa shape index (κ2) is 10.7. The molecule has 0 aliphatic carbocycles. The highest BCUT2D eigenvalue weighted by Crippen LogP contribution is 2.14. The van der Waals surface area contributed by atoms with Crippen LogP contribution in [0.25, 0.3) is 0 Å². The summed E-state index contributed by atoms with van der Waals surface area (Å²) in [5, 5.41) is 0. The Bertz CT molecular complexity index is 567. The van der Waals surface area contributed by atoms with Crippen LogP contribution in [0.15, 0.2) is 60.7 Å². The van der Waals surface area contributed by atoms with Crippen LogP contribution in [0.1, 0.15) is 22.0 Å². The largest absolute Gasteiger partial charge is 1.00 e.